The highest BCUT2D eigenvalue weighted by Gasteiger charge is 1.96. The van der Waals surface area contributed by atoms with Gasteiger partial charge in [0, 0.05) is 19.2 Å². The van der Waals surface area contributed by atoms with E-state index in [-0.39, 0.29) is 5.97 Å². The van der Waals surface area contributed by atoms with Gasteiger partial charge in [0.15, 0.2) is 0 Å². The molecule has 0 radical (unpaired) electrons. The van der Waals surface area contributed by atoms with Crippen molar-refractivity contribution in [1.29, 1.82) is 0 Å². The first-order chi connectivity index (χ1) is 8.72. The first-order valence-electron chi connectivity index (χ1n) is 6.68. The predicted octanol–water partition coefficient (Wildman–Crippen LogP) is 4.23. The zero-order valence-electron chi connectivity index (χ0n) is 12.5. The number of benzene rings is 1. The summed E-state index contributed by atoms with van der Waals surface area (Å²) in [5.41, 5.74) is 2.08. The summed E-state index contributed by atoms with van der Waals surface area (Å²) in [5.74, 6) is -0.249. The van der Waals surface area contributed by atoms with Crippen molar-refractivity contribution >= 4 is 11.7 Å². The molecule has 3 heteroatoms. The lowest BCUT2D eigenvalue weighted by molar-refractivity contribution is -0.142. The Morgan fingerprint density at radius 2 is 1.61 bits per heavy atom. The molecule has 0 atom stereocenters. The van der Waals surface area contributed by atoms with Gasteiger partial charge < -0.3 is 10.1 Å². The number of carbonyl (C=O) groups is 1. The van der Waals surface area contributed by atoms with Gasteiger partial charge in [-0.25, -0.2) is 0 Å². The Kier molecular flexibility index (Phi) is 14.2. The molecule has 1 N–H and O–H groups in total. The van der Waals surface area contributed by atoms with Gasteiger partial charge in [-0.1, -0.05) is 39.8 Å². The van der Waals surface area contributed by atoms with Crippen LogP contribution in [0.3, 0.4) is 0 Å². The summed E-state index contributed by atoms with van der Waals surface area (Å²) >= 11 is 0. The lowest BCUT2D eigenvalue weighted by Gasteiger charge is -2.05. The van der Waals surface area contributed by atoms with E-state index in [9.17, 15) is 4.79 Å². The van der Waals surface area contributed by atoms with Gasteiger partial charge in [-0.3, -0.25) is 4.79 Å². The Morgan fingerprint density at radius 1 is 1.11 bits per heavy atom. The van der Waals surface area contributed by atoms with Crippen molar-refractivity contribution in [3.05, 3.63) is 29.8 Å². The summed E-state index contributed by atoms with van der Waals surface area (Å²) in [6.45, 7) is 12.7. The summed E-state index contributed by atoms with van der Waals surface area (Å²) in [6, 6.07) is 7.84. The molecule has 0 spiro atoms. The van der Waals surface area contributed by atoms with Crippen LogP contribution < -0.4 is 5.32 Å². The van der Waals surface area contributed by atoms with Gasteiger partial charge in [-0.2, -0.15) is 0 Å². The number of esters is 1. The quantitative estimate of drug-likeness (QED) is 0.816. The minimum absolute atomic E-state index is 0.249. The van der Waals surface area contributed by atoms with E-state index in [0.717, 1.165) is 17.8 Å². The Balaban J connectivity index is 0. The highest BCUT2D eigenvalue weighted by atomic mass is 16.5. The number of anilines is 1. The van der Waals surface area contributed by atoms with Gasteiger partial charge >= 0.3 is 5.97 Å². The molecule has 0 unspecified atom stereocenters. The van der Waals surface area contributed by atoms with Gasteiger partial charge in [-0.15, -0.1) is 0 Å². The molecule has 3 nitrogen and oxygen atoms in total. The lowest BCUT2D eigenvalue weighted by atomic mass is 10.2. The molecule has 0 saturated heterocycles. The summed E-state index contributed by atoms with van der Waals surface area (Å²) in [6.07, 6.45) is 0. The van der Waals surface area contributed by atoms with Gasteiger partial charge in [-0.05, 0) is 24.6 Å². The Bertz CT molecular complexity index is 294. The molecular weight excluding hydrogens is 226 g/mol. The monoisotopic (exact) mass is 253 g/mol. The van der Waals surface area contributed by atoms with Crippen LogP contribution >= 0.6 is 0 Å². The molecule has 0 aliphatic carbocycles. The number of rotatable bonds is 4. The summed E-state index contributed by atoms with van der Waals surface area (Å²) in [7, 11) is 0. The van der Waals surface area contributed by atoms with Crippen LogP contribution in [0.4, 0.5) is 5.69 Å². The van der Waals surface area contributed by atoms with Crippen molar-refractivity contribution in [3.63, 3.8) is 0 Å². The normalized spacial score (nSPS) is 8.11. The number of ether oxygens (including phenoxy) is 1. The Hall–Kier alpha value is -1.51. The SMILES string of the molecule is CC.CC.CCNc1ccc(COC(C)=O)cc1. The molecule has 0 fully saturated rings. The highest BCUT2D eigenvalue weighted by molar-refractivity contribution is 5.65. The maximum atomic E-state index is 10.6. The smallest absolute Gasteiger partial charge is 0.302 e. The minimum atomic E-state index is -0.249. The maximum absolute atomic E-state index is 10.6. The van der Waals surface area contributed by atoms with E-state index in [1.165, 1.54) is 6.92 Å². The van der Waals surface area contributed by atoms with Gasteiger partial charge in [0.05, 0.1) is 0 Å². The molecule has 1 aromatic rings. The molecule has 0 amide bonds. The van der Waals surface area contributed by atoms with Crippen LogP contribution in [0.5, 0.6) is 0 Å². The zero-order chi connectivity index (χ0) is 14.4. The van der Waals surface area contributed by atoms with E-state index in [0.29, 0.717) is 6.61 Å². The average molecular weight is 253 g/mol. The van der Waals surface area contributed by atoms with Gasteiger partial charge in [0.2, 0.25) is 0 Å². The van der Waals surface area contributed by atoms with Crippen LogP contribution in [0.1, 0.15) is 47.1 Å². The van der Waals surface area contributed by atoms with Crippen molar-refractivity contribution in [2.45, 2.75) is 48.1 Å². The standard InChI is InChI=1S/C11H15NO2.2C2H6/c1-3-12-11-6-4-10(5-7-11)8-14-9(2)13;2*1-2/h4-7,12H,3,8H2,1-2H3;2*1-2H3. The van der Waals surface area contributed by atoms with Crippen LogP contribution in [-0.2, 0) is 16.1 Å². The third-order valence-corrected chi connectivity index (χ3v) is 1.78. The Morgan fingerprint density at radius 3 is 2.00 bits per heavy atom. The lowest BCUT2D eigenvalue weighted by Crippen LogP contribution is -1.99. The van der Waals surface area contributed by atoms with Crippen LogP contribution in [0.25, 0.3) is 0 Å². The van der Waals surface area contributed by atoms with Crippen LogP contribution in [-0.4, -0.2) is 12.5 Å². The van der Waals surface area contributed by atoms with E-state index in [4.69, 9.17) is 4.74 Å². The molecule has 18 heavy (non-hydrogen) atoms. The molecule has 0 aliphatic rings. The first kappa shape index (κ1) is 18.8. The van der Waals surface area contributed by atoms with Gasteiger partial charge in [0.1, 0.15) is 6.61 Å². The second kappa shape index (κ2) is 13.6. The van der Waals surface area contributed by atoms with Crippen molar-refractivity contribution in [3.8, 4) is 0 Å². The van der Waals surface area contributed by atoms with E-state index in [1.54, 1.807) is 0 Å². The molecular formula is C15H27NO2. The number of carbonyl (C=O) groups excluding carboxylic acids is 1. The zero-order valence-corrected chi connectivity index (χ0v) is 12.5. The topological polar surface area (TPSA) is 38.3 Å². The van der Waals surface area contributed by atoms with Crippen LogP contribution in [0.2, 0.25) is 0 Å². The van der Waals surface area contributed by atoms with Crippen molar-refractivity contribution in [2.24, 2.45) is 0 Å². The molecule has 1 rings (SSSR count). The third kappa shape index (κ3) is 9.70. The Labute approximate surface area is 112 Å². The first-order valence-corrected chi connectivity index (χ1v) is 6.68. The minimum Gasteiger partial charge on any atom is -0.461 e. The second-order valence-corrected chi connectivity index (χ2v) is 3.01. The summed E-state index contributed by atoms with van der Waals surface area (Å²) in [4.78, 5) is 10.6. The second-order valence-electron chi connectivity index (χ2n) is 3.01. The fraction of sp³-hybridized carbons (Fsp3) is 0.533. The molecule has 1 aromatic carbocycles. The fourth-order valence-corrected chi connectivity index (χ4v) is 1.11. The van der Waals surface area contributed by atoms with Crippen molar-refractivity contribution < 1.29 is 9.53 Å². The van der Waals surface area contributed by atoms with Crippen LogP contribution in [0, 0.1) is 0 Å². The highest BCUT2D eigenvalue weighted by Crippen LogP contribution is 2.09. The summed E-state index contributed by atoms with van der Waals surface area (Å²) in [5, 5.41) is 3.19. The van der Waals surface area contributed by atoms with E-state index >= 15 is 0 Å². The molecule has 104 valence electrons. The molecule has 0 aliphatic heterocycles. The molecule has 0 saturated carbocycles. The summed E-state index contributed by atoms with van der Waals surface area (Å²) < 4.78 is 4.87. The fourth-order valence-electron chi connectivity index (χ4n) is 1.11. The van der Waals surface area contributed by atoms with Crippen LogP contribution in [0.15, 0.2) is 24.3 Å². The van der Waals surface area contributed by atoms with E-state index in [2.05, 4.69) is 5.32 Å². The van der Waals surface area contributed by atoms with E-state index in [1.807, 2.05) is 58.9 Å². The average Bonchev–Trinajstić information content (AvgIpc) is 2.43. The van der Waals surface area contributed by atoms with Crippen molar-refractivity contribution in [2.75, 3.05) is 11.9 Å². The van der Waals surface area contributed by atoms with Crippen molar-refractivity contribution in [1.82, 2.24) is 0 Å². The number of nitrogens with one attached hydrogen (secondary N) is 1. The largest absolute Gasteiger partial charge is 0.461 e. The predicted molar refractivity (Wildman–Crippen MR) is 78.8 cm³/mol. The molecule has 0 aromatic heterocycles. The number of hydrogen-bond donors (Lipinski definition) is 1. The number of hydrogen-bond acceptors (Lipinski definition) is 3. The maximum Gasteiger partial charge on any atom is 0.302 e. The van der Waals surface area contributed by atoms with E-state index < -0.39 is 0 Å². The van der Waals surface area contributed by atoms with Gasteiger partial charge in [0.25, 0.3) is 0 Å². The third-order valence-electron chi connectivity index (χ3n) is 1.78. The molecule has 0 heterocycles. The molecule has 0 bridgehead atoms.